The van der Waals surface area contributed by atoms with Crippen LogP contribution in [0.2, 0.25) is 0 Å². The van der Waals surface area contributed by atoms with Crippen LogP contribution in [0.1, 0.15) is 274 Å². The maximum absolute atomic E-state index is 15.4. The Morgan fingerprint density at radius 3 is 1.12 bits per heavy atom. The van der Waals surface area contributed by atoms with Gasteiger partial charge in [0.15, 0.2) is 5.78 Å². The van der Waals surface area contributed by atoms with Crippen LogP contribution in [-0.4, -0.2) is 127 Å². The van der Waals surface area contributed by atoms with E-state index in [0.29, 0.717) is 170 Å². The van der Waals surface area contributed by atoms with Crippen LogP contribution < -0.4 is 0 Å². The fraction of sp³-hybridized carbons (Fsp3) is 0.800. The first-order valence-electron chi connectivity index (χ1n) is 49.9. The molecule has 16 saturated carbocycles. The first-order valence-corrected chi connectivity index (χ1v) is 49.9. The van der Waals surface area contributed by atoms with Gasteiger partial charge in [0.2, 0.25) is 11.4 Å². The monoisotopic (exact) mass is 1710 g/mol. The highest BCUT2D eigenvalue weighted by Gasteiger charge is 2.65. The molecule has 0 saturated heterocycles. The van der Waals surface area contributed by atoms with Crippen molar-refractivity contribution in [3.05, 3.63) is 121 Å². The lowest BCUT2D eigenvalue weighted by atomic mass is 9.48. The summed E-state index contributed by atoms with van der Waals surface area (Å²) in [5, 5.41) is 60.6. The fourth-order valence-electron chi connectivity index (χ4n) is 34.3. The maximum Gasteiger partial charge on any atom is 0.224 e. The highest BCUT2D eigenvalue weighted by Crippen LogP contribution is 2.71. The van der Waals surface area contributed by atoms with Crippen molar-refractivity contribution in [1.82, 2.24) is 39.1 Å². The van der Waals surface area contributed by atoms with Crippen molar-refractivity contribution >= 4 is 17.2 Å². The minimum atomic E-state index is -0.797. The molecule has 0 aliphatic heterocycles. The van der Waals surface area contributed by atoms with E-state index < -0.39 is 34.7 Å². The zero-order valence-corrected chi connectivity index (χ0v) is 76.8. The molecule has 34 atom stereocenters. The number of hydrogen-bond acceptors (Lipinski definition) is 11. The number of allylic oxidation sites excluding steroid dienone is 3. The van der Waals surface area contributed by atoms with Crippen molar-refractivity contribution in [2.24, 2.45) is 164 Å². The molecule has 16 fully saturated rings. The molecule has 0 spiro atoms. The summed E-state index contributed by atoms with van der Waals surface area (Å²) in [5.41, 5.74) is 3.51. The summed E-state index contributed by atoms with van der Waals surface area (Å²) in [7, 11) is 0. The Balaban J connectivity index is 0.000000117. The minimum absolute atomic E-state index is 0.0120. The Bertz CT molecular complexity index is 4470. The third kappa shape index (κ3) is 17.4. The number of ketones is 1. The molecular formula is C105H154F2N10O7. The van der Waals surface area contributed by atoms with Gasteiger partial charge in [-0.2, -0.15) is 20.4 Å². The molecule has 20 rings (SSSR count). The van der Waals surface area contributed by atoms with Gasteiger partial charge in [0.25, 0.3) is 0 Å². The molecule has 124 heavy (non-hydrogen) atoms. The Morgan fingerprint density at radius 2 is 0.750 bits per heavy atom. The molecule has 680 valence electrons. The van der Waals surface area contributed by atoms with Gasteiger partial charge >= 0.3 is 0 Å². The number of Topliss-reactive ketones (excluding diaryl/α,β-unsaturated/α-hetero) is 1. The molecular weight excluding hydrogens is 1550 g/mol. The van der Waals surface area contributed by atoms with Crippen molar-refractivity contribution in [2.75, 3.05) is 26.4 Å². The van der Waals surface area contributed by atoms with E-state index in [1.54, 1.807) is 29.5 Å². The van der Waals surface area contributed by atoms with Gasteiger partial charge in [0.1, 0.15) is 12.3 Å². The summed E-state index contributed by atoms with van der Waals surface area (Å²) in [6.07, 6.45) is 50.1. The number of hydrogen-bond donors (Lipinski definition) is 4. The van der Waals surface area contributed by atoms with Crippen LogP contribution in [-0.2, 0) is 40.4 Å². The van der Waals surface area contributed by atoms with Gasteiger partial charge in [-0.05, 0) is 416 Å². The van der Waals surface area contributed by atoms with Crippen molar-refractivity contribution in [3.8, 4) is 0 Å². The van der Waals surface area contributed by atoms with E-state index in [1.165, 1.54) is 126 Å². The molecule has 16 aliphatic carbocycles. The summed E-state index contributed by atoms with van der Waals surface area (Å²) < 4.78 is 49.6. The van der Waals surface area contributed by atoms with Crippen LogP contribution in [0, 0.1) is 177 Å². The highest BCUT2D eigenvalue weighted by molar-refractivity contribution is 5.82. The number of aliphatic hydroxyl groups is 4. The number of carbonyl (C=O) groups is 1. The quantitative estimate of drug-likeness (QED) is 0.0546. The lowest BCUT2D eigenvalue weighted by molar-refractivity contribution is -0.139. The second-order valence-electron chi connectivity index (χ2n) is 46.1. The molecule has 0 aromatic carbocycles. The molecule has 0 unspecified atom stereocenters. The third-order valence-corrected chi connectivity index (χ3v) is 39.7. The van der Waals surface area contributed by atoms with E-state index in [4.69, 9.17) is 22.6 Å². The summed E-state index contributed by atoms with van der Waals surface area (Å²) >= 11 is 0. The molecule has 19 heteroatoms. The smallest absolute Gasteiger partial charge is 0.224 e. The molecule has 4 aromatic heterocycles. The van der Waals surface area contributed by atoms with Crippen LogP contribution in [0.3, 0.4) is 0 Å². The first kappa shape index (κ1) is 90.3. The van der Waals surface area contributed by atoms with E-state index in [-0.39, 0.29) is 28.6 Å². The summed E-state index contributed by atoms with van der Waals surface area (Å²) in [6.45, 7) is 50.7. The minimum Gasteiger partial charge on any atom is -0.390 e. The number of alkyl halides is 2. The van der Waals surface area contributed by atoms with Gasteiger partial charge in [-0.1, -0.05) is 64.2 Å². The molecule has 4 heterocycles. The predicted molar refractivity (Wildman–Crippen MR) is 481 cm³/mol. The number of nitrogens with zero attached hydrogens (tertiary/aromatic N) is 10. The number of carbonyl (C=O) groups excluding carboxylic acids is 1. The summed E-state index contributed by atoms with van der Waals surface area (Å²) in [6, 6.07) is 3.87. The van der Waals surface area contributed by atoms with Gasteiger partial charge in [0.05, 0.1) is 87.3 Å². The van der Waals surface area contributed by atoms with Gasteiger partial charge in [0, 0.05) is 56.3 Å². The lowest BCUT2D eigenvalue weighted by Gasteiger charge is -2.57. The third-order valence-electron chi connectivity index (χ3n) is 39.7. The van der Waals surface area contributed by atoms with Crippen molar-refractivity contribution in [3.63, 3.8) is 0 Å². The molecule has 4 aromatic rings. The van der Waals surface area contributed by atoms with Gasteiger partial charge < -0.3 is 29.9 Å². The zero-order chi connectivity index (χ0) is 87.2. The number of halogens is 2. The Hall–Kier alpha value is -5.67. The van der Waals surface area contributed by atoms with Crippen molar-refractivity contribution in [1.29, 1.82) is 0 Å². The molecule has 0 amide bonds. The highest BCUT2D eigenvalue weighted by atomic mass is 19.1. The molecule has 0 radical (unpaired) electrons. The number of fused-ring (bicyclic) bond motifs is 20. The lowest BCUT2D eigenvalue weighted by Crippen LogP contribution is -2.54. The van der Waals surface area contributed by atoms with Gasteiger partial charge in [-0.15, -0.1) is 0 Å². The van der Waals surface area contributed by atoms with Gasteiger partial charge in [-0.3, -0.25) is 23.5 Å². The normalized spacial score (nSPS) is 45.4. The van der Waals surface area contributed by atoms with Crippen LogP contribution >= 0.6 is 0 Å². The summed E-state index contributed by atoms with van der Waals surface area (Å²) in [5.74, 6) is 14.3. The standard InChI is InChI=1S/C28H41N3O2.C27H42N2O2.C26H36FN3O.C24H35FN2O2/c1-5-33-18-28(32)13-11-22-20(14-28)6-7-24-23(22)10-12-27(3)25(8-9-26(24)27)19(2)16-31-17-21(29-4)15-30-31;1-4-31-18-27(30)13-11-21-20(16-27)6-7-23-22(21)10-12-26(3)24(8-9-25(23)26)19(2)17-29-15-5-14-28-29;1-16(14-30-15-17(28-4)13-29-30)22-5-6-23-20-11-24(27)21-12-25(2,31)9-7-19(21)18(20)8-10-26(22,23)3;1-23(29)8-6-16-15-7-9-24(2)19(17(15)12-21(25)18(16)13-23)4-5-20(24)22(28)14-27-11-3-10-26-27/h15,17,20,22-26,32H,2,5-14,16,18H2,1,3H3;5,14-15,20-25,30H,2,4,6-13,16-18H2,1,3H3;13,15,18-24,31H,1,5-12,14H2,2-3H3;3,10-11,15-21,29H,4-9,12-14H2,1-2H3/t20-,22-,23+,24+,25+,26-,27+,28+;20-,21-,22+,23+,24+,25-,26+,27+;18-,19-,20-,21+,22-,23+,24-,25-,26-;15-,16-,17-,18+,19+,20-,21-,23-,24+/m0011/s1. The van der Waals surface area contributed by atoms with Crippen molar-refractivity contribution < 1.29 is 43.5 Å². The topological polar surface area (TPSA) is 196 Å². The van der Waals surface area contributed by atoms with Gasteiger partial charge in [-0.25, -0.2) is 18.5 Å². The van der Waals surface area contributed by atoms with Crippen molar-refractivity contribution in [2.45, 2.75) is 335 Å². The Kier molecular flexibility index (Phi) is 26.1. The molecule has 17 nitrogen and oxygen atoms in total. The second kappa shape index (κ2) is 35.9. The average Bonchev–Trinajstić information content (AvgIpc) is 1.55. The zero-order valence-electron chi connectivity index (χ0n) is 76.8. The average molecular weight is 1710 g/mol. The number of rotatable bonds is 18. The predicted octanol–water partition coefficient (Wildman–Crippen LogP) is 21.9. The van der Waals surface area contributed by atoms with E-state index >= 15 is 8.78 Å². The van der Waals surface area contributed by atoms with E-state index in [2.05, 4.69) is 83.7 Å². The van der Waals surface area contributed by atoms with E-state index in [0.717, 1.165) is 144 Å². The maximum atomic E-state index is 15.4. The second-order valence-corrected chi connectivity index (χ2v) is 46.1. The van der Waals surface area contributed by atoms with E-state index in [9.17, 15) is 25.2 Å². The number of aromatic nitrogens is 8. The van der Waals surface area contributed by atoms with Crippen LogP contribution in [0.25, 0.3) is 9.69 Å². The Morgan fingerprint density at radius 1 is 0.411 bits per heavy atom. The molecule has 16 aliphatic rings. The first-order chi connectivity index (χ1) is 59.3. The molecule has 4 N–H and O–H groups in total. The van der Waals surface area contributed by atoms with Crippen LogP contribution in [0.4, 0.5) is 20.2 Å². The SMILES string of the molecule is C=C(Cn1cccn1)[C@H]1CC[C@H]2[C@@H]3CC[C@H]4C[C@@](O)(COCC)CC[C@@H]4[C@H]3CC[C@]12C.C[C@@]1(O)CC[C@@H]2[C@H]3CC[C@]4(C)[C@@H](C(=O)Cn5cccn5)CC[C@H]4[C@@H]3C[C@@H](F)[C@H]2C1.[C-]#[N+]c1cnn(CC(=C)[C@H]2CC[C@H]3[C@@H]4CC[C@H]5C[C@@](O)(COCC)CC[C@@H]5[C@H]4CC[C@]23C)c1.[C-]#[N+]c1cnn(CC(=C)[C@H]2CC[C@H]3[C@@H]4C[C@@H](F)[C@H]5C[C@](C)(O)CC[C@@H]5[C@H]4CC[C@]23C)c1. The molecule has 0 bridgehead atoms. The van der Waals surface area contributed by atoms with Crippen LogP contribution in [0.15, 0.2) is 98.2 Å². The largest absolute Gasteiger partial charge is 0.390 e. The Labute approximate surface area is 741 Å². The summed E-state index contributed by atoms with van der Waals surface area (Å²) in [4.78, 5) is 20.1. The van der Waals surface area contributed by atoms with Crippen LogP contribution in [0.5, 0.6) is 0 Å². The van der Waals surface area contributed by atoms with E-state index in [1.807, 2.05) is 72.5 Å². The number of ether oxygens (including phenoxy) is 2. The fourth-order valence-corrected chi connectivity index (χ4v) is 34.3.